The molecule has 1 saturated carbocycles. The summed E-state index contributed by atoms with van der Waals surface area (Å²) in [5, 5.41) is 11.4. The first-order valence-corrected chi connectivity index (χ1v) is 8.56. The minimum Gasteiger partial charge on any atom is -0.480 e. The number of carbonyl (C=O) groups is 2. The third-order valence-corrected chi connectivity index (χ3v) is 5.48. The second-order valence-corrected chi connectivity index (χ2v) is 6.79. The minimum absolute atomic E-state index is 0.0353. The molecule has 0 unspecified atom stereocenters. The number of likely N-dealkylation sites (tertiary alicyclic amines) is 1. The molecule has 24 heavy (non-hydrogen) atoms. The molecule has 1 amide bonds. The fourth-order valence-electron chi connectivity index (χ4n) is 4.38. The van der Waals surface area contributed by atoms with Gasteiger partial charge in [0.05, 0.1) is 0 Å². The molecule has 1 aliphatic heterocycles. The highest BCUT2D eigenvalue weighted by Crippen LogP contribution is 2.40. The van der Waals surface area contributed by atoms with Crippen molar-refractivity contribution in [3.05, 3.63) is 42.2 Å². The van der Waals surface area contributed by atoms with Crippen molar-refractivity contribution < 1.29 is 14.7 Å². The summed E-state index contributed by atoms with van der Waals surface area (Å²) >= 11 is 0. The molecule has 3 atom stereocenters. The van der Waals surface area contributed by atoms with Crippen LogP contribution in [-0.4, -0.2) is 39.0 Å². The number of pyridine rings is 1. The number of hydrogen-bond donors (Lipinski definition) is 1. The van der Waals surface area contributed by atoms with Gasteiger partial charge in [0.25, 0.3) is 5.91 Å². The lowest BCUT2D eigenvalue weighted by molar-refractivity contribution is -0.141. The molecule has 2 aliphatic rings. The van der Waals surface area contributed by atoms with Crippen LogP contribution in [0.2, 0.25) is 0 Å². The Morgan fingerprint density at radius 2 is 1.92 bits per heavy atom. The molecule has 0 radical (unpaired) electrons. The number of carboxylic acids is 1. The second-order valence-electron chi connectivity index (χ2n) is 6.79. The van der Waals surface area contributed by atoms with Crippen molar-refractivity contribution in [1.82, 2.24) is 9.88 Å². The van der Waals surface area contributed by atoms with Crippen molar-refractivity contribution in [1.29, 1.82) is 0 Å². The maximum atomic E-state index is 13.2. The normalized spacial score (nSPS) is 26.3. The Bertz CT molecular complexity index is 799. The maximum absolute atomic E-state index is 13.2. The highest BCUT2D eigenvalue weighted by Gasteiger charge is 2.48. The number of fused-ring (bicyclic) bond motifs is 2. The van der Waals surface area contributed by atoms with E-state index in [1.807, 2.05) is 30.3 Å². The van der Waals surface area contributed by atoms with Gasteiger partial charge in [-0.3, -0.25) is 9.78 Å². The zero-order valence-corrected chi connectivity index (χ0v) is 13.4. The zero-order valence-electron chi connectivity index (χ0n) is 13.4. The fraction of sp³-hybridized carbons (Fsp3) is 0.421. The lowest BCUT2D eigenvalue weighted by Gasteiger charge is -2.33. The van der Waals surface area contributed by atoms with Crippen molar-refractivity contribution in [2.45, 2.75) is 44.2 Å². The molecular formula is C19H20N2O3. The second kappa shape index (κ2) is 5.89. The number of rotatable bonds is 2. The number of amides is 1. The van der Waals surface area contributed by atoms with E-state index in [1.54, 1.807) is 11.1 Å². The molecule has 1 aromatic heterocycles. The number of aliphatic carboxylic acids is 1. The standard InChI is InChI=1S/C19H20N2O3/c22-18(17-14-7-3-1-5-12(14)9-10-20-17)21-15-8-4-2-6-13(15)11-16(21)19(23)24/h1,3,5,7,9-10,13,15-16H,2,4,6,8,11H2,(H,23,24)/t13-,15-,16+/m1/s1. The number of carbonyl (C=O) groups excluding carboxylic acids is 1. The summed E-state index contributed by atoms with van der Waals surface area (Å²) in [6.45, 7) is 0. The van der Waals surface area contributed by atoms with Crippen LogP contribution in [-0.2, 0) is 4.79 Å². The van der Waals surface area contributed by atoms with Gasteiger partial charge in [-0.2, -0.15) is 0 Å². The summed E-state index contributed by atoms with van der Waals surface area (Å²) in [6, 6.07) is 8.79. The summed E-state index contributed by atoms with van der Waals surface area (Å²) in [5.74, 6) is -0.842. The SMILES string of the molecule is O=C(O)[C@@H]1C[C@H]2CCCC[C@H]2N1C(=O)c1nccc2ccccc12. The molecule has 0 bridgehead atoms. The van der Waals surface area contributed by atoms with Gasteiger partial charge >= 0.3 is 5.97 Å². The van der Waals surface area contributed by atoms with E-state index in [0.29, 0.717) is 18.0 Å². The first-order chi connectivity index (χ1) is 11.7. The van der Waals surface area contributed by atoms with Gasteiger partial charge in [-0.25, -0.2) is 4.79 Å². The summed E-state index contributed by atoms with van der Waals surface area (Å²) < 4.78 is 0. The van der Waals surface area contributed by atoms with Crippen LogP contribution >= 0.6 is 0 Å². The maximum Gasteiger partial charge on any atom is 0.326 e. The monoisotopic (exact) mass is 324 g/mol. The largest absolute Gasteiger partial charge is 0.480 e. The number of aromatic nitrogens is 1. The van der Waals surface area contributed by atoms with Crippen LogP contribution < -0.4 is 0 Å². The van der Waals surface area contributed by atoms with Crippen LogP contribution in [0.1, 0.15) is 42.6 Å². The summed E-state index contributed by atoms with van der Waals surface area (Å²) in [4.78, 5) is 30.9. The summed E-state index contributed by atoms with van der Waals surface area (Å²) in [7, 11) is 0. The molecular weight excluding hydrogens is 304 g/mol. The van der Waals surface area contributed by atoms with Crippen molar-refractivity contribution in [2.75, 3.05) is 0 Å². The third kappa shape index (κ3) is 2.35. The molecule has 0 spiro atoms. The van der Waals surface area contributed by atoms with Gasteiger partial charge < -0.3 is 10.0 Å². The van der Waals surface area contributed by atoms with E-state index in [9.17, 15) is 14.7 Å². The van der Waals surface area contributed by atoms with Crippen molar-refractivity contribution in [3.63, 3.8) is 0 Å². The van der Waals surface area contributed by atoms with Gasteiger partial charge in [-0.1, -0.05) is 37.1 Å². The van der Waals surface area contributed by atoms with Crippen LogP contribution in [0.5, 0.6) is 0 Å². The Kier molecular flexibility index (Phi) is 3.71. The molecule has 5 heteroatoms. The van der Waals surface area contributed by atoms with Crippen molar-refractivity contribution >= 4 is 22.6 Å². The van der Waals surface area contributed by atoms with E-state index in [4.69, 9.17) is 0 Å². The third-order valence-electron chi connectivity index (χ3n) is 5.48. The van der Waals surface area contributed by atoms with Gasteiger partial charge in [-0.05, 0) is 36.6 Å². The van der Waals surface area contributed by atoms with Gasteiger partial charge in [-0.15, -0.1) is 0 Å². The van der Waals surface area contributed by atoms with Crippen LogP contribution in [0.3, 0.4) is 0 Å². The average molecular weight is 324 g/mol. The molecule has 1 N–H and O–H groups in total. The topological polar surface area (TPSA) is 70.5 Å². The van der Waals surface area contributed by atoms with Crippen LogP contribution in [0.25, 0.3) is 10.8 Å². The average Bonchev–Trinajstić information content (AvgIpc) is 3.00. The number of hydrogen-bond acceptors (Lipinski definition) is 3. The Morgan fingerprint density at radius 3 is 2.75 bits per heavy atom. The molecule has 2 heterocycles. The molecule has 1 saturated heterocycles. The van der Waals surface area contributed by atoms with Crippen LogP contribution in [0.15, 0.2) is 36.5 Å². The predicted octanol–water partition coefficient (Wildman–Crippen LogP) is 3.09. The molecule has 4 rings (SSSR count). The molecule has 1 aliphatic carbocycles. The Labute approximate surface area is 140 Å². The van der Waals surface area contributed by atoms with Crippen molar-refractivity contribution in [3.8, 4) is 0 Å². The molecule has 5 nitrogen and oxygen atoms in total. The van der Waals surface area contributed by atoms with E-state index < -0.39 is 12.0 Å². The molecule has 2 aromatic rings. The van der Waals surface area contributed by atoms with Gasteiger partial charge in [0.2, 0.25) is 0 Å². The highest BCUT2D eigenvalue weighted by atomic mass is 16.4. The Hall–Kier alpha value is -2.43. The molecule has 2 fully saturated rings. The number of carboxylic acid groups (broad SMARTS) is 1. The van der Waals surface area contributed by atoms with Crippen LogP contribution in [0.4, 0.5) is 0 Å². The van der Waals surface area contributed by atoms with Crippen molar-refractivity contribution in [2.24, 2.45) is 5.92 Å². The molecule has 1 aromatic carbocycles. The highest BCUT2D eigenvalue weighted by molar-refractivity contribution is 6.06. The lowest BCUT2D eigenvalue weighted by Crippen LogP contribution is -2.46. The quantitative estimate of drug-likeness (QED) is 0.921. The van der Waals surface area contributed by atoms with E-state index in [-0.39, 0.29) is 11.9 Å². The van der Waals surface area contributed by atoms with Crippen LogP contribution in [0, 0.1) is 5.92 Å². The number of benzene rings is 1. The van der Waals surface area contributed by atoms with E-state index in [2.05, 4.69) is 4.98 Å². The fourth-order valence-corrected chi connectivity index (χ4v) is 4.38. The number of nitrogens with zero attached hydrogens (tertiary/aromatic N) is 2. The Balaban J connectivity index is 1.77. The minimum atomic E-state index is -0.905. The Morgan fingerprint density at radius 1 is 1.12 bits per heavy atom. The summed E-state index contributed by atoms with van der Waals surface area (Å²) in [5.41, 5.74) is 0.366. The van der Waals surface area contributed by atoms with E-state index in [1.165, 1.54) is 0 Å². The first-order valence-electron chi connectivity index (χ1n) is 8.56. The summed E-state index contributed by atoms with van der Waals surface area (Å²) in [6.07, 6.45) is 6.28. The predicted molar refractivity (Wildman–Crippen MR) is 89.7 cm³/mol. The van der Waals surface area contributed by atoms with Gasteiger partial charge in [0.15, 0.2) is 0 Å². The lowest BCUT2D eigenvalue weighted by atomic mass is 9.84. The van der Waals surface area contributed by atoms with E-state index >= 15 is 0 Å². The van der Waals surface area contributed by atoms with Gasteiger partial charge in [0, 0.05) is 17.6 Å². The van der Waals surface area contributed by atoms with Gasteiger partial charge in [0.1, 0.15) is 11.7 Å². The first kappa shape index (κ1) is 15.1. The van der Waals surface area contributed by atoms with E-state index in [0.717, 1.165) is 36.5 Å². The zero-order chi connectivity index (χ0) is 16.7. The smallest absolute Gasteiger partial charge is 0.326 e. The molecule has 124 valence electrons.